The van der Waals surface area contributed by atoms with E-state index < -0.39 is 15.1 Å². The van der Waals surface area contributed by atoms with Crippen molar-refractivity contribution >= 4 is 15.7 Å². The zero-order valence-corrected chi connectivity index (χ0v) is 15.9. The van der Waals surface area contributed by atoms with Crippen molar-refractivity contribution in [1.29, 1.82) is 0 Å². The second-order valence-corrected chi connectivity index (χ2v) is 9.95. The number of amides is 1. The van der Waals surface area contributed by atoms with Gasteiger partial charge >= 0.3 is 0 Å². The summed E-state index contributed by atoms with van der Waals surface area (Å²) in [5.41, 5.74) is 0. The summed E-state index contributed by atoms with van der Waals surface area (Å²) < 4.78 is 36.2. The van der Waals surface area contributed by atoms with Crippen LogP contribution in [0.5, 0.6) is 0 Å². The number of furan rings is 1. The van der Waals surface area contributed by atoms with Crippen molar-refractivity contribution in [2.45, 2.75) is 25.1 Å². The number of fused-ring (bicyclic) bond motifs is 1. The summed E-state index contributed by atoms with van der Waals surface area (Å²) in [5, 5.41) is -0.442. The Labute approximate surface area is 154 Å². The van der Waals surface area contributed by atoms with Gasteiger partial charge in [-0.05, 0) is 25.5 Å². The van der Waals surface area contributed by atoms with Crippen LogP contribution in [0.2, 0.25) is 0 Å². The highest BCUT2D eigenvalue weighted by atomic mass is 32.2. The predicted molar refractivity (Wildman–Crippen MR) is 95.3 cm³/mol. The zero-order valence-electron chi connectivity index (χ0n) is 15.1. The number of carbonyl (C=O) groups is 1. The molecule has 3 aliphatic heterocycles. The number of hydrogen-bond donors (Lipinski definition) is 0. The fourth-order valence-electron chi connectivity index (χ4n) is 4.55. The summed E-state index contributed by atoms with van der Waals surface area (Å²) in [6, 6.07) is 3.85. The molecule has 3 aliphatic rings. The summed E-state index contributed by atoms with van der Waals surface area (Å²) in [6.45, 7) is 5.95. The molecule has 0 unspecified atom stereocenters. The molecule has 4 rings (SSSR count). The Morgan fingerprint density at radius 2 is 2.00 bits per heavy atom. The van der Waals surface area contributed by atoms with E-state index in [1.54, 1.807) is 0 Å². The normalized spacial score (nSPS) is 31.7. The maximum Gasteiger partial charge on any atom is 0.226 e. The standard InChI is InChI=1S/C18H26N2O5S/c1-13-2-3-14(25-13)10-19-11-16-15(4-9-26(22,23)17(16)12-19)18(21)20-5-7-24-8-6-20/h2-3,15-17H,4-12H2,1H3/t15-,16-,17-/m1/s1. The maximum atomic E-state index is 13.0. The third kappa shape index (κ3) is 3.42. The van der Waals surface area contributed by atoms with E-state index in [0.29, 0.717) is 52.4 Å². The molecule has 0 spiro atoms. The van der Waals surface area contributed by atoms with E-state index in [0.717, 1.165) is 11.5 Å². The van der Waals surface area contributed by atoms with Crippen LogP contribution in [-0.2, 0) is 25.9 Å². The van der Waals surface area contributed by atoms with Gasteiger partial charge in [-0.25, -0.2) is 8.42 Å². The second kappa shape index (κ2) is 6.98. The third-order valence-electron chi connectivity index (χ3n) is 5.89. The molecule has 0 bridgehead atoms. The number of nitrogens with zero attached hydrogens (tertiary/aromatic N) is 2. The maximum absolute atomic E-state index is 13.0. The molecule has 7 nitrogen and oxygen atoms in total. The first kappa shape index (κ1) is 18.0. The van der Waals surface area contributed by atoms with Crippen molar-refractivity contribution in [3.05, 3.63) is 23.7 Å². The molecule has 0 saturated carbocycles. The highest BCUT2D eigenvalue weighted by Gasteiger charge is 2.51. The van der Waals surface area contributed by atoms with Crippen molar-refractivity contribution < 1.29 is 22.4 Å². The summed E-state index contributed by atoms with van der Waals surface area (Å²) in [5.74, 6) is 1.58. The van der Waals surface area contributed by atoms with Crippen LogP contribution < -0.4 is 0 Å². The van der Waals surface area contributed by atoms with Crippen LogP contribution in [0.15, 0.2) is 16.5 Å². The highest BCUT2D eigenvalue weighted by Crippen LogP contribution is 2.38. The largest absolute Gasteiger partial charge is 0.465 e. The Morgan fingerprint density at radius 3 is 2.69 bits per heavy atom. The topological polar surface area (TPSA) is 80.1 Å². The summed E-state index contributed by atoms with van der Waals surface area (Å²) in [7, 11) is -3.15. The van der Waals surface area contributed by atoms with Gasteiger partial charge in [0.05, 0.1) is 30.8 Å². The fourth-order valence-corrected chi connectivity index (χ4v) is 6.68. The predicted octanol–water partition coefficient (Wildman–Crippen LogP) is 0.682. The Hall–Kier alpha value is -1.38. The first-order valence-corrected chi connectivity index (χ1v) is 11.0. The first-order valence-electron chi connectivity index (χ1n) is 9.30. The van der Waals surface area contributed by atoms with Crippen LogP contribution in [0.4, 0.5) is 0 Å². The van der Waals surface area contributed by atoms with E-state index in [1.165, 1.54) is 0 Å². The van der Waals surface area contributed by atoms with Crippen molar-refractivity contribution in [1.82, 2.24) is 9.80 Å². The molecule has 0 aromatic carbocycles. The number of rotatable bonds is 3. The summed E-state index contributed by atoms with van der Waals surface area (Å²) in [6.07, 6.45) is 0.438. The van der Waals surface area contributed by atoms with Crippen molar-refractivity contribution in [2.24, 2.45) is 11.8 Å². The van der Waals surface area contributed by atoms with Crippen molar-refractivity contribution in [3.8, 4) is 0 Å². The quantitative estimate of drug-likeness (QED) is 0.765. The van der Waals surface area contributed by atoms with Gasteiger partial charge in [0.2, 0.25) is 5.91 Å². The van der Waals surface area contributed by atoms with Crippen molar-refractivity contribution in [2.75, 3.05) is 45.1 Å². The average Bonchev–Trinajstić information content (AvgIpc) is 3.23. The van der Waals surface area contributed by atoms with Gasteiger partial charge in [-0.1, -0.05) is 0 Å². The lowest BCUT2D eigenvalue weighted by Gasteiger charge is -2.36. The molecule has 1 aromatic heterocycles. The van der Waals surface area contributed by atoms with E-state index in [9.17, 15) is 13.2 Å². The minimum atomic E-state index is -3.15. The van der Waals surface area contributed by atoms with Crippen LogP contribution in [-0.4, -0.2) is 74.5 Å². The molecule has 8 heteroatoms. The molecular weight excluding hydrogens is 356 g/mol. The molecule has 4 heterocycles. The van der Waals surface area contributed by atoms with Crippen LogP contribution >= 0.6 is 0 Å². The van der Waals surface area contributed by atoms with E-state index in [4.69, 9.17) is 9.15 Å². The number of likely N-dealkylation sites (tertiary alicyclic amines) is 1. The molecule has 0 N–H and O–H groups in total. The van der Waals surface area contributed by atoms with Crippen LogP contribution in [0.25, 0.3) is 0 Å². The molecule has 3 fully saturated rings. The Bertz CT molecular complexity index is 768. The number of morpholine rings is 1. The van der Waals surface area contributed by atoms with Gasteiger partial charge in [0.25, 0.3) is 0 Å². The zero-order chi connectivity index (χ0) is 18.3. The molecule has 26 heavy (non-hydrogen) atoms. The van der Waals surface area contributed by atoms with Gasteiger partial charge in [-0.15, -0.1) is 0 Å². The van der Waals surface area contributed by atoms with Crippen LogP contribution in [0, 0.1) is 18.8 Å². The lowest BCUT2D eigenvalue weighted by atomic mass is 9.87. The van der Waals surface area contributed by atoms with Crippen LogP contribution in [0.3, 0.4) is 0 Å². The van der Waals surface area contributed by atoms with Gasteiger partial charge < -0.3 is 14.1 Å². The fraction of sp³-hybridized carbons (Fsp3) is 0.722. The van der Waals surface area contributed by atoms with Gasteiger partial charge in [0, 0.05) is 38.0 Å². The Balaban J connectivity index is 1.50. The first-order chi connectivity index (χ1) is 12.4. The van der Waals surface area contributed by atoms with Crippen LogP contribution in [0.1, 0.15) is 17.9 Å². The van der Waals surface area contributed by atoms with E-state index in [1.807, 2.05) is 24.0 Å². The lowest BCUT2D eigenvalue weighted by Crippen LogP contribution is -2.50. The van der Waals surface area contributed by atoms with Gasteiger partial charge in [-0.2, -0.15) is 0 Å². The molecule has 1 amide bonds. The summed E-state index contributed by atoms with van der Waals surface area (Å²) >= 11 is 0. The molecule has 3 atom stereocenters. The highest BCUT2D eigenvalue weighted by molar-refractivity contribution is 7.92. The summed E-state index contributed by atoms with van der Waals surface area (Å²) in [4.78, 5) is 17.0. The number of aryl methyl sites for hydroxylation is 1. The van der Waals surface area contributed by atoms with E-state index >= 15 is 0 Å². The molecule has 144 valence electrons. The SMILES string of the molecule is Cc1ccc(CN2C[C@H]3[C@@H](C2)S(=O)(=O)CC[C@H]3C(=O)N2CCOCC2)o1. The monoisotopic (exact) mass is 382 g/mol. The minimum absolute atomic E-state index is 0.105. The molecule has 1 aromatic rings. The minimum Gasteiger partial charge on any atom is -0.465 e. The van der Waals surface area contributed by atoms with Gasteiger partial charge in [-0.3, -0.25) is 9.69 Å². The van der Waals surface area contributed by atoms with E-state index in [-0.39, 0.29) is 23.5 Å². The second-order valence-electron chi connectivity index (χ2n) is 7.61. The molecule has 3 saturated heterocycles. The number of ether oxygens (including phenoxy) is 1. The number of hydrogen-bond acceptors (Lipinski definition) is 6. The third-order valence-corrected chi connectivity index (χ3v) is 8.12. The molecule has 0 radical (unpaired) electrons. The number of carbonyl (C=O) groups excluding carboxylic acids is 1. The van der Waals surface area contributed by atoms with Gasteiger partial charge in [0.15, 0.2) is 9.84 Å². The van der Waals surface area contributed by atoms with Crippen molar-refractivity contribution in [3.63, 3.8) is 0 Å². The smallest absolute Gasteiger partial charge is 0.226 e. The molecule has 0 aliphatic carbocycles. The van der Waals surface area contributed by atoms with Gasteiger partial charge in [0.1, 0.15) is 11.5 Å². The number of sulfone groups is 1. The Kier molecular flexibility index (Phi) is 4.83. The van der Waals surface area contributed by atoms with E-state index in [2.05, 4.69) is 4.90 Å². The Morgan fingerprint density at radius 1 is 1.23 bits per heavy atom. The molecular formula is C18H26N2O5S. The average molecular weight is 382 g/mol. The lowest BCUT2D eigenvalue weighted by molar-refractivity contribution is -0.141.